The number of anilines is 1. The zero-order valence-electron chi connectivity index (χ0n) is 14.1. The van der Waals surface area contributed by atoms with E-state index < -0.39 is 4.92 Å². The summed E-state index contributed by atoms with van der Waals surface area (Å²) in [5.41, 5.74) is 2.12. The van der Waals surface area contributed by atoms with Crippen molar-refractivity contribution in [2.75, 3.05) is 31.5 Å². The number of nitro groups is 1. The molecule has 0 amide bonds. The number of nitro benzene ring substituents is 1. The highest BCUT2D eigenvalue weighted by molar-refractivity contribution is 9.10. The van der Waals surface area contributed by atoms with Crippen molar-refractivity contribution in [2.45, 2.75) is 6.54 Å². The number of benzene rings is 2. The Balaban J connectivity index is 1.50. The molecule has 1 aliphatic rings. The first-order valence-electron chi connectivity index (χ1n) is 8.29. The molecule has 8 heteroatoms. The number of hydrogen-bond acceptors (Lipinski definition) is 4. The average molecular weight is 435 g/mol. The Morgan fingerprint density at radius 3 is 2.38 bits per heavy atom. The second-order valence-corrected chi connectivity index (χ2v) is 7.33. The monoisotopic (exact) mass is 434 g/mol. The van der Waals surface area contributed by atoms with E-state index >= 15 is 0 Å². The van der Waals surface area contributed by atoms with Crippen molar-refractivity contribution in [3.63, 3.8) is 0 Å². The van der Waals surface area contributed by atoms with Gasteiger partial charge in [-0.1, -0.05) is 34.1 Å². The second-order valence-electron chi connectivity index (χ2n) is 6.09. The van der Waals surface area contributed by atoms with Crippen LogP contribution in [0, 0.1) is 10.1 Å². The topological polar surface area (TPSA) is 61.7 Å². The van der Waals surface area contributed by atoms with Gasteiger partial charge in [0, 0.05) is 55.0 Å². The molecule has 26 heavy (non-hydrogen) atoms. The Hall–Kier alpha value is -2.03. The molecule has 0 unspecified atom stereocenters. The van der Waals surface area contributed by atoms with E-state index in [0.29, 0.717) is 5.11 Å². The van der Waals surface area contributed by atoms with E-state index in [-0.39, 0.29) is 5.69 Å². The molecule has 0 bridgehead atoms. The van der Waals surface area contributed by atoms with Crippen molar-refractivity contribution in [2.24, 2.45) is 0 Å². The van der Waals surface area contributed by atoms with Crippen LogP contribution in [-0.4, -0.2) is 46.0 Å². The van der Waals surface area contributed by atoms with Crippen LogP contribution in [0.3, 0.4) is 0 Å². The molecule has 2 aromatic carbocycles. The Morgan fingerprint density at radius 1 is 1.12 bits per heavy atom. The number of rotatable bonds is 4. The van der Waals surface area contributed by atoms with E-state index in [2.05, 4.69) is 49.2 Å². The van der Waals surface area contributed by atoms with Crippen molar-refractivity contribution in [3.05, 3.63) is 68.7 Å². The van der Waals surface area contributed by atoms with E-state index in [1.54, 1.807) is 12.1 Å². The minimum atomic E-state index is -0.410. The lowest BCUT2D eigenvalue weighted by atomic mass is 10.2. The van der Waals surface area contributed by atoms with Crippen LogP contribution in [0.2, 0.25) is 0 Å². The van der Waals surface area contributed by atoms with Gasteiger partial charge in [-0.05, 0) is 36.0 Å². The van der Waals surface area contributed by atoms with Crippen LogP contribution in [-0.2, 0) is 6.54 Å². The largest absolute Gasteiger partial charge is 0.346 e. The van der Waals surface area contributed by atoms with E-state index in [1.165, 1.54) is 17.7 Å². The number of nitrogens with one attached hydrogen (secondary N) is 1. The predicted molar refractivity (Wildman–Crippen MR) is 110 cm³/mol. The van der Waals surface area contributed by atoms with Gasteiger partial charge in [0.15, 0.2) is 5.11 Å². The highest BCUT2D eigenvalue weighted by Gasteiger charge is 2.19. The number of non-ortho nitro benzene ring substituents is 1. The molecule has 1 heterocycles. The summed E-state index contributed by atoms with van der Waals surface area (Å²) in [6.45, 7) is 4.48. The summed E-state index contributed by atoms with van der Waals surface area (Å²) in [5, 5.41) is 14.5. The van der Waals surface area contributed by atoms with Gasteiger partial charge >= 0.3 is 0 Å². The van der Waals surface area contributed by atoms with Crippen LogP contribution in [0.5, 0.6) is 0 Å². The number of nitrogens with zero attached hydrogens (tertiary/aromatic N) is 3. The molecule has 1 N–H and O–H groups in total. The lowest BCUT2D eigenvalue weighted by Crippen LogP contribution is -2.49. The van der Waals surface area contributed by atoms with Crippen LogP contribution in [0.1, 0.15) is 5.56 Å². The molecule has 1 saturated heterocycles. The highest BCUT2D eigenvalue weighted by Crippen LogP contribution is 2.19. The van der Waals surface area contributed by atoms with Crippen molar-refractivity contribution < 1.29 is 4.92 Å². The molecule has 3 rings (SSSR count). The minimum Gasteiger partial charge on any atom is -0.346 e. The highest BCUT2D eigenvalue weighted by atomic mass is 79.9. The average Bonchev–Trinajstić information content (AvgIpc) is 2.64. The molecule has 1 fully saturated rings. The third kappa shape index (κ3) is 4.78. The van der Waals surface area contributed by atoms with Crippen molar-refractivity contribution in [1.82, 2.24) is 9.80 Å². The molecule has 2 aromatic rings. The van der Waals surface area contributed by atoms with Crippen LogP contribution < -0.4 is 5.32 Å². The standard InChI is InChI=1S/C18H19BrN4O2S/c19-17-4-2-1-3-14(17)13-21-9-11-22(12-10-21)18(26)20-15-5-7-16(8-6-15)23(24)25/h1-8H,9-13H2,(H,20,26). The predicted octanol–water partition coefficient (Wildman–Crippen LogP) is 3.87. The maximum Gasteiger partial charge on any atom is 0.269 e. The molecule has 6 nitrogen and oxygen atoms in total. The van der Waals surface area contributed by atoms with Crippen LogP contribution in [0.4, 0.5) is 11.4 Å². The van der Waals surface area contributed by atoms with E-state index in [1.807, 2.05) is 6.07 Å². The molecule has 0 atom stereocenters. The summed E-state index contributed by atoms with van der Waals surface area (Å²) >= 11 is 9.08. The fourth-order valence-electron chi connectivity index (χ4n) is 2.85. The summed E-state index contributed by atoms with van der Waals surface area (Å²) in [6.07, 6.45) is 0. The maximum absolute atomic E-state index is 10.7. The molecule has 0 saturated carbocycles. The number of halogens is 1. The Bertz CT molecular complexity index is 792. The van der Waals surface area contributed by atoms with Crippen LogP contribution in [0.15, 0.2) is 53.0 Å². The molecule has 0 aromatic heterocycles. The lowest BCUT2D eigenvalue weighted by Gasteiger charge is -2.36. The van der Waals surface area contributed by atoms with Gasteiger partial charge in [0.25, 0.3) is 5.69 Å². The van der Waals surface area contributed by atoms with Crippen LogP contribution >= 0.6 is 28.1 Å². The minimum absolute atomic E-state index is 0.0714. The zero-order valence-corrected chi connectivity index (χ0v) is 16.5. The van der Waals surface area contributed by atoms with Gasteiger partial charge in [-0.3, -0.25) is 15.0 Å². The molecule has 0 aliphatic carbocycles. The van der Waals surface area contributed by atoms with Gasteiger partial charge in [0.2, 0.25) is 0 Å². The molecule has 0 spiro atoms. The van der Waals surface area contributed by atoms with Crippen LogP contribution in [0.25, 0.3) is 0 Å². The first-order chi connectivity index (χ1) is 12.5. The normalized spacial score (nSPS) is 14.9. The van der Waals surface area contributed by atoms with E-state index in [0.717, 1.165) is 42.9 Å². The third-order valence-corrected chi connectivity index (χ3v) is 5.47. The Labute approximate surface area is 166 Å². The first kappa shape index (κ1) is 18.8. The number of hydrogen-bond donors (Lipinski definition) is 1. The van der Waals surface area contributed by atoms with Crippen molar-refractivity contribution >= 4 is 44.6 Å². The summed E-state index contributed by atoms with van der Waals surface area (Å²) in [5.74, 6) is 0. The third-order valence-electron chi connectivity index (χ3n) is 4.34. The van der Waals surface area contributed by atoms with Gasteiger partial charge in [-0.15, -0.1) is 0 Å². The number of piperazine rings is 1. The van der Waals surface area contributed by atoms with Crippen molar-refractivity contribution in [1.29, 1.82) is 0 Å². The fraction of sp³-hybridized carbons (Fsp3) is 0.278. The van der Waals surface area contributed by atoms with Gasteiger partial charge in [-0.2, -0.15) is 0 Å². The molecular weight excluding hydrogens is 416 g/mol. The van der Waals surface area contributed by atoms with Gasteiger partial charge in [0.05, 0.1) is 4.92 Å². The summed E-state index contributed by atoms with van der Waals surface area (Å²) in [6, 6.07) is 14.6. The maximum atomic E-state index is 10.7. The first-order valence-corrected chi connectivity index (χ1v) is 9.49. The number of thiocarbonyl (C=S) groups is 1. The molecular formula is C18H19BrN4O2S. The fourth-order valence-corrected chi connectivity index (χ4v) is 3.56. The van der Waals surface area contributed by atoms with Gasteiger partial charge in [-0.25, -0.2) is 0 Å². The van der Waals surface area contributed by atoms with Gasteiger partial charge in [0.1, 0.15) is 0 Å². The van der Waals surface area contributed by atoms with E-state index in [4.69, 9.17) is 12.2 Å². The smallest absolute Gasteiger partial charge is 0.269 e. The second kappa shape index (κ2) is 8.57. The molecule has 1 aliphatic heterocycles. The van der Waals surface area contributed by atoms with Crippen molar-refractivity contribution in [3.8, 4) is 0 Å². The summed E-state index contributed by atoms with van der Waals surface area (Å²) in [7, 11) is 0. The SMILES string of the molecule is O=[N+]([O-])c1ccc(NC(=S)N2CCN(Cc3ccccc3Br)CC2)cc1. The quantitative estimate of drug-likeness (QED) is 0.447. The molecule has 136 valence electrons. The van der Waals surface area contributed by atoms with E-state index in [9.17, 15) is 10.1 Å². The Kier molecular flexibility index (Phi) is 6.18. The molecule has 0 radical (unpaired) electrons. The summed E-state index contributed by atoms with van der Waals surface area (Å²) in [4.78, 5) is 14.8. The Morgan fingerprint density at radius 2 is 1.77 bits per heavy atom. The summed E-state index contributed by atoms with van der Waals surface area (Å²) < 4.78 is 1.14. The zero-order chi connectivity index (χ0) is 18.5. The lowest BCUT2D eigenvalue weighted by molar-refractivity contribution is -0.384. The van der Waals surface area contributed by atoms with Gasteiger partial charge < -0.3 is 10.2 Å².